The van der Waals surface area contributed by atoms with Crippen LogP contribution in [0, 0.1) is 0 Å². The number of nitrogen functional groups attached to an aromatic ring is 1. The lowest BCUT2D eigenvalue weighted by Crippen LogP contribution is -2.02. The van der Waals surface area contributed by atoms with E-state index in [0.29, 0.717) is 26.9 Å². The van der Waals surface area contributed by atoms with Gasteiger partial charge in [0, 0.05) is 38.9 Å². The van der Waals surface area contributed by atoms with Crippen molar-refractivity contribution >= 4 is 45.6 Å². The van der Waals surface area contributed by atoms with E-state index in [1.165, 1.54) is 0 Å². The number of ketones is 1. The first kappa shape index (κ1) is 13.0. The second-order valence-corrected chi connectivity index (χ2v) is 5.30. The maximum Gasteiger partial charge on any atom is 0.196 e. The number of hydrogen-bond donors (Lipinski definition) is 2. The quantitative estimate of drug-likeness (QED) is 0.548. The SMILES string of the molecule is Nc1ccc(Cl)c(C(=O)c2c[nH]c3cc(Cl)ccc23)c1. The third-order valence-corrected chi connectivity index (χ3v) is 3.69. The van der Waals surface area contributed by atoms with Crippen molar-refractivity contribution in [3.05, 3.63) is 63.8 Å². The highest BCUT2D eigenvalue weighted by atomic mass is 35.5. The molecule has 0 spiro atoms. The van der Waals surface area contributed by atoms with Gasteiger partial charge in [-0.15, -0.1) is 0 Å². The van der Waals surface area contributed by atoms with E-state index < -0.39 is 0 Å². The van der Waals surface area contributed by atoms with Crippen LogP contribution in [0.4, 0.5) is 5.69 Å². The van der Waals surface area contributed by atoms with Crippen molar-refractivity contribution in [1.29, 1.82) is 0 Å². The summed E-state index contributed by atoms with van der Waals surface area (Å²) in [5.41, 5.74) is 7.96. The van der Waals surface area contributed by atoms with Crippen molar-refractivity contribution in [2.75, 3.05) is 5.73 Å². The molecule has 3 N–H and O–H groups in total. The molecule has 1 heterocycles. The molecule has 3 rings (SSSR count). The molecule has 0 radical (unpaired) electrons. The first-order valence-electron chi connectivity index (χ1n) is 5.92. The summed E-state index contributed by atoms with van der Waals surface area (Å²) in [5, 5.41) is 1.80. The van der Waals surface area contributed by atoms with Crippen molar-refractivity contribution in [3.63, 3.8) is 0 Å². The smallest absolute Gasteiger partial charge is 0.196 e. The van der Waals surface area contributed by atoms with E-state index in [1.807, 2.05) is 6.07 Å². The standard InChI is InChI=1S/C15H10Cl2N2O/c16-8-1-3-10-12(7-19-14(10)5-8)15(20)11-6-9(18)2-4-13(11)17/h1-7,19H,18H2. The zero-order valence-corrected chi connectivity index (χ0v) is 11.8. The monoisotopic (exact) mass is 304 g/mol. The van der Waals surface area contributed by atoms with Crippen LogP contribution >= 0.6 is 23.2 Å². The molecule has 0 aliphatic carbocycles. The van der Waals surface area contributed by atoms with E-state index in [0.717, 1.165) is 10.9 Å². The zero-order chi connectivity index (χ0) is 14.3. The maximum atomic E-state index is 12.6. The van der Waals surface area contributed by atoms with Gasteiger partial charge in [0.25, 0.3) is 0 Å². The number of nitrogens with two attached hydrogens (primary N) is 1. The summed E-state index contributed by atoms with van der Waals surface area (Å²) >= 11 is 12.0. The van der Waals surface area contributed by atoms with E-state index in [4.69, 9.17) is 28.9 Å². The number of anilines is 1. The van der Waals surface area contributed by atoms with Gasteiger partial charge in [-0.1, -0.05) is 29.3 Å². The molecule has 0 aliphatic rings. The van der Waals surface area contributed by atoms with Gasteiger partial charge >= 0.3 is 0 Å². The first-order chi connectivity index (χ1) is 9.56. The van der Waals surface area contributed by atoms with Gasteiger partial charge in [-0.25, -0.2) is 0 Å². The summed E-state index contributed by atoms with van der Waals surface area (Å²) in [4.78, 5) is 15.6. The van der Waals surface area contributed by atoms with Gasteiger partial charge in [0.15, 0.2) is 5.78 Å². The lowest BCUT2D eigenvalue weighted by atomic mass is 10.0. The van der Waals surface area contributed by atoms with E-state index in [-0.39, 0.29) is 5.78 Å². The Bertz CT molecular complexity index is 824. The van der Waals surface area contributed by atoms with Crippen LogP contribution in [-0.2, 0) is 0 Å². The molecule has 0 saturated heterocycles. The molecule has 0 unspecified atom stereocenters. The Kier molecular flexibility index (Phi) is 3.16. The third kappa shape index (κ3) is 2.15. The number of carbonyl (C=O) groups is 1. The largest absolute Gasteiger partial charge is 0.399 e. The first-order valence-corrected chi connectivity index (χ1v) is 6.68. The van der Waals surface area contributed by atoms with Gasteiger partial charge in [-0.3, -0.25) is 4.79 Å². The number of hydrogen-bond acceptors (Lipinski definition) is 2. The predicted molar refractivity (Wildman–Crippen MR) is 82.6 cm³/mol. The number of fused-ring (bicyclic) bond motifs is 1. The highest BCUT2D eigenvalue weighted by Crippen LogP contribution is 2.27. The van der Waals surface area contributed by atoms with Crippen LogP contribution in [0.25, 0.3) is 10.9 Å². The van der Waals surface area contributed by atoms with Gasteiger partial charge < -0.3 is 10.7 Å². The molecule has 20 heavy (non-hydrogen) atoms. The molecule has 2 aromatic carbocycles. The van der Waals surface area contributed by atoms with Gasteiger partial charge in [0.05, 0.1) is 5.02 Å². The summed E-state index contributed by atoms with van der Waals surface area (Å²) in [6.07, 6.45) is 1.66. The van der Waals surface area contributed by atoms with E-state index in [2.05, 4.69) is 4.98 Å². The fraction of sp³-hybridized carbons (Fsp3) is 0. The number of nitrogens with one attached hydrogen (secondary N) is 1. The second kappa shape index (κ2) is 4.85. The lowest BCUT2D eigenvalue weighted by Gasteiger charge is -2.04. The molecule has 0 aliphatic heterocycles. The van der Waals surface area contributed by atoms with Crippen LogP contribution in [-0.4, -0.2) is 10.8 Å². The summed E-state index contributed by atoms with van der Waals surface area (Å²) in [6.45, 7) is 0. The number of aromatic amines is 1. The van der Waals surface area contributed by atoms with E-state index in [1.54, 1.807) is 36.5 Å². The Morgan fingerprint density at radius 3 is 2.65 bits per heavy atom. The number of aromatic nitrogens is 1. The Morgan fingerprint density at radius 1 is 1.05 bits per heavy atom. The van der Waals surface area contributed by atoms with Crippen LogP contribution in [0.15, 0.2) is 42.6 Å². The Morgan fingerprint density at radius 2 is 1.85 bits per heavy atom. The number of H-pyrrole nitrogens is 1. The van der Waals surface area contributed by atoms with Gasteiger partial charge in [0.1, 0.15) is 0 Å². The second-order valence-electron chi connectivity index (χ2n) is 4.46. The molecule has 0 amide bonds. The van der Waals surface area contributed by atoms with Crippen molar-refractivity contribution in [3.8, 4) is 0 Å². The minimum Gasteiger partial charge on any atom is -0.399 e. The molecule has 100 valence electrons. The van der Waals surface area contributed by atoms with Crippen LogP contribution < -0.4 is 5.73 Å². The molecule has 3 aromatic rings. The molecular weight excluding hydrogens is 295 g/mol. The van der Waals surface area contributed by atoms with Crippen molar-refractivity contribution in [1.82, 2.24) is 4.98 Å². The normalized spacial score (nSPS) is 10.9. The molecule has 0 saturated carbocycles. The average molecular weight is 305 g/mol. The third-order valence-electron chi connectivity index (χ3n) is 3.12. The van der Waals surface area contributed by atoms with E-state index in [9.17, 15) is 4.79 Å². The van der Waals surface area contributed by atoms with Gasteiger partial charge in [-0.2, -0.15) is 0 Å². The van der Waals surface area contributed by atoms with Crippen molar-refractivity contribution in [2.45, 2.75) is 0 Å². The fourth-order valence-corrected chi connectivity index (χ4v) is 2.52. The average Bonchev–Trinajstić information content (AvgIpc) is 2.83. The number of carbonyl (C=O) groups excluding carboxylic acids is 1. The molecule has 0 atom stereocenters. The van der Waals surface area contributed by atoms with Crippen LogP contribution in [0.1, 0.15) is 15.9 Å². The highest BCUT2D eigenvalue weighted by Gasteiger charge is 2.17. The number of rotatable bonds is 2. The summed E-state index contributed by atoms with van der Waals surface area (Å²) in [5.74, 6) is -0.170. The highest BCUT2D eigenvalue weighted by molar-refractivity contribution is 6.36. The summed E-state index contributed by atoms with van der Waals surface area (Å²) < 4.78 is 0. The molecule has 0 fully saturated rings. The van der Waals surface area contributed by atoms with Crippen LogP contribution in [0.3, 0.4) is 0 Å². The Balaban J connectivity index is 2.15. The molecular formula is C15H10Cl2N2O. The summed E-state index contributed by atoms with van der Waals surface area (Å²) in [7, 11) is 0. The number of halogens is 2. The molecule has 1 aromatic heterocycles. The minimum atomic E-state index is -0.170. The zero-order valence-electron chi connectivity index (χ0n) is 10.3. The van der Waals surface area contributed by atoms with E-state index >= 15 is 0 Å². The molecule has 0 bridgehead atoms. The van der Waals surface area contributed by atoms with Crippen molar-refractivity contribution in [2.24, 2.45) is 0 Å². The van der Waals surface area contributed by atoms with Gasteiger partial charge in [-0.05, 0) is 30.3 Å². The minimum absolute atomic E-state index is 0.170. The van der Waals surface area contributed by atoms with Gasteiger partial charge in [0.2, 0.25) is 0 Å². The number of benzene rings is 2. The fourth-order valence-electron chi connectivity index (χ4n) is 2.15. The Labute approximate surface area is 125 Å². The van der Waals surface area contributed by atoms with Crippen LogP contribution in [0.2, 0.25) is 10.0 Å². The lowest BCUT2D eigenvalue weighted by molar-refractivity contribution is 0.104. The Hall–Kier alpha value is -1.97. The van der Waals surface area contributed by atoms with Crippen molar-refractivity contribution < 1.29 is 4.79 Å². The molecule has 5 heteroatoms. The predicted octanol–water partition coefficient (Wildman–Crippen LogP) is 4.29. The molecule has 3 nitrogen and oxygen atoms in total. The van der Waals surface area contributed by atoms with Crippen LogP contribution in [0.5, 0.6) is 0 Å². The topological polar surface area (TPSA) is 58.9 Å². The summed E-state index contributed by atoms with van der Waals surface area (Å²) in [6, 6.07) is 10.2. The maximum absolute atomic E-state index is 12.6.